The van der Waals surface area contributed by atoms with Crippen LogP contribution in [0.3, 0.4) is 0 Å². The first kappa shape index (κ1) is 25.0. The predicted molar refractivity (Wildman–Crippen MR) is 132 cm³/mol. The van der Waals surface area contributed by atoms with Gasteiger partial charge in [0.05, 0.1) is 18.1 Å². The van der Waals surface area contributed by atoms with E-state index in [1.165, 1.54) is 0 Å². The summed E-state index contributed by atoms with van der Waals surface area (Å²) in [6, 6.07) is 14.3. The van der Waals surface area contributed by atoms with Gasteiger partial charge in [-0.2, -0.15) is 0 Å². The average molecular weight is 463 g/mol. The van der Waals surface area contributed by atoms with E-state index in [2.05, 4.69) is 6.58 Å². The van der Waals surface area contributed by atoms with Gasteiger partial charge in [0.2, 0.25) is 0 Å². The number of benzene rings is 2. The number of carbonyl (C=O) groups is 2. The number of rotatable bonds is 9. The summed E-state index contributed by atoms with van der Waals surface area (Å²) < 4.78 is 16.1. The van der Waals surface area contributed by atoms with Crippen molar-refractivity contribution in [3.05, 3.63) is 76.7 Å². The summed E-state index contributed by atoms with van der Waals surface area (Å²) in [5.41, 5.74) is 2.52. The molecule has 3 rings (SSSR count). The van der Waals surface area contributed by atoms with Crippen molar-refractivity contribution in [2.45, 2.75) is 40.5 Å². The molecule has 0 N–H and O–H groups in total. The quantitative estimate of drug-likeness (QED) is 0.133. The zero-order valence-corrected chi connectivity index (χ0v) is 20.1. The Morgan fingerprint density at radius 3 is 2.38 bits per heavy atom. The van der Waals surface area contributed by atoms with Crippen LogP contribution in [0.5, 0.6) is 5.75 Å². The third-order valence-corrected chi connectivity index (χ3v) is 5.75. The molecule has 0 bridgehead atoms. The van der Waals surface area contributed by atoms with Crippen LogP contribution in [0, 0.1) is 11.8 Å². The van der Waals surface area contributed by atoms with E-state index < -0.39 is 11.6 Å². The van der Waals surface area contributed by atoms with Gasteiger partial charge in [0, 0.05) is 11.0 Å². The standard InChI is InChI=1S/C28H30O6/c1-17(2)19(5)27(30)33-23-12-10-21(11-13-23)24-16-22-9-8-20(15-25(22)34-28(24)31)7-6-14-32-26(29)18(3)4/h8-13,15-17,19H,3,6-7,14H2,1-2,4-5H3/t19-/m0/s1. The molecule has 0 aliphatic rings. The van der Waals surface area contributed by atoms with Crippen LogP contribution in [0.2, 0.25) is 0 Å². The zero-order chi connectivity index (χ0) is 24.8. The first-order valence-electron chi connectivity index (χ1n) is 11.4. The van der Waals surface area contributed by atoms with Crippen molar-refractivity contribution in [1.82, 2.24) is 0 Å². The topological polar surface area (TPSA) is 82.8 Å². The molecule has 1 atom stereocenters. The lowest BCUT2D eigenvalue weighted by atomic mass is 9.98. The lowest BCUT2D eigenvalue weighted by Gasteiger charge is -2.14. The Morgan fingerprint density at radius 1 is 1.03 bits per heavy atom. The third kappa shape index (κ3) is 6.22. The van der Waals surface area contributed by atoms with Crippen LogP contribution < -0.4 is 10.4 Å². The number of hydrogen-bond donors (Lipinski definition) is 0. The summed E-state index contributed by atoms with van der Waals surface area (Å²) in [6.45, 7) is 11.2. The minimum Gasteiger partial charge on any atom is -0.462 e. The molecule has 0 radical (unpaired) electrons. The highest BCUT2D eigenvalue weighted by Gasteiger charge is 2.19. The van der Waals surface area contributed by atoms with Crippen LogP contribution in [0.1, 0.15) is 39.7 Å². The summed E-state index contributed by atoms with van der Waals surface area (Å²) in [4.78, 5) is 36.3. The molecule has 0 aliphatic heterocycles. The van der Waals surface area contributed by atoms with Crippen LogP contribution in [-0.2, 0) is 20.7 Å². The van der Waals surface area contributed by atoms with Crippen LogP contribution in [0.25, 0.3) is 22.1 Å². The molecule has 0 saturated carbocycles. The Kier molecular flexibility index (Phi) is 8.05. The highest BCUT2D eigenvalue weighted by molar-refractivity contribution is 5.87. The lowest BCUT2D eigenvalue weighted by Crippen LogP contribution is -2.22. The Bertz CT molecular complexity index is 1250. The van der Waals surface area contributed by atoms with Crippen molar-refractivity contribution in [1.29, 1.82) is 0 Å². The van der Waals surface area contributed by atoms with Gasteiger partial charge in [0.15, 0.2) is 0 Å². The Morgan fingerprint density at radius 2 is 1.74 bits per heavy atom. The molecule has 6 heteroatoms. The number of carbonyl (C=O) groups excluding carboxylic acids is 2. The highest BCUT2D eigenvalue weighted by atomic mass is 16.5. The van der Waals surface area contributed by atoms with E-state index in [0.29, 0.717) is 47.5 Å². The van der Waals surface area contributed by atoms with E-state index in [0.717, 1.165) is 10.9 Å². The Labute approximate surface area is 199 Å². The maximum absolute atomic E-state index is 12.7. The van der Waals surface area contributed by atoms with Crippen LogP contribution in [0.4, 0.5) is 0 Å². The Balaban J connectivity index is 1.71. The molecule has 0 spiro atoms. The number of hydrogen-bond acceptors (Lipinski definition) is 6. The molecule has 1 heterocycles. The van der Waals surface area contributed by atoms with Crippen molar-refractivity contribution in [2.24, 2.45) is 11.8 Å². The summed E-state index contributed by atoms with van der Waals surface area (Å²) in [6.07, 6.45) is 1.33. The van der Waals surface area contributed by atoms with Gasteiger partial charge in [-0.25, -0.2) is 9.59 Å². The number of aryl methyl sites for hydroxylation is 1. The van der Waals surface area contributed by atoms with Gasteiger partial charge in [0.25, 0.3) is 0 Å². The van der Waals surface area contributed by atoms with Crippen molar-refractivity contribution < 1.29 is 23.5 Å². The SMILES string of the molecule is C=C(C)C(=O)OCCCc1ccc2cc(-c3ccc(OC(=O)[C@@H](C)C(C)C)cc3)c(=O)oc2c1. The summed E-state index contributed by atoms with van der Waals surface area (Å²) in [5, 5.41) is 0.799. The summed E-state index contributed by atoms with van der Waals surface area (Å²) >= 11 is 0. The van der Waals surface area contributed by atoms with Gasteiger partial charge in [-0.05, 0) is 61.1 Å². The van der Waals surface area contributed by atoms with Gasteiger partial charge >= 0.3 is 17.6 Å². The van der Waals surface area contributed by atoms with Gasteiger partial charge in [-0.3, -0.25) is 4.79 Å². The highest BCUT2D eigenvalue weighted by Crippen LogP contribution is 2.25. The van der Waals surface area contributed by atoms with Gasteiger partial charge in [0.1, 0.15) is 11.3 Å². The largest absolute Gasteiger partial charge is 0.462 e. The van der Waals surface area contributed by atoms with Crippen molar-refractivity contribution in [3.63, 3.8) is 0 Å². The molecular formula is C28H30O6. The second-order valence-corrected chi connectivity index (χ2v) is 8.82. The van der Waals surface area contributed by atoms with Gasteiger partial charge < -0.3 is 13.9 Å². The molecule has 0 saturated heterocycles. The third-order valence-electron chi connectivity index (χ3n) is 5.75. The number of ether oxygens (including phenoxy) is 2. The lowest BCUT2D eigenvalue weighted by molar-refractivity contribution is -0.140. The van der Waals surface area contributed by atoms with Crippen molar-refractivity contribution in [2.75, 3.05) is 6.61 Å². The van der Waals surface area contributed by atoms with Crippen molar-refractivity contribution in [3.8, 4) is 16.9 Å². The summed E-state index contributed by atoms with van der Waals surface area (Å²) in [5.74, 6) is -0.256. The fraction of sp³-hybridized carbons (Fsp3) is 0.321. The van der Waals surface area contributed by atoms with Crippen LogP contribution in [-0.4, -0.2) is 18.5 Å². The van der Waals surface area contributed by atoms with Crippen molar-refractivity contribution >= 4 is 22.9 Å². The van der Waals surface area contributed by atoms with E-state index in [1.807, 2.05) is 39.0 Å². The second kappa shape index (κ2) is 11.0. The fourth-order valence-electron chi connectivity index (χ4n) is 3.26. The molecule has 0 aliphatic carbocycles. The monoisotopic (exact) mass is 462 g/mol. The summed E-state index contributed by atoms with van der Waals surface area (Å²) in [7, 11) is 0. The smallest absolute Gasteiger partial charge is 0.344 e. The predicted octanol–water partition coefficient (Wildman–Crippen LogP) is 5.71. The number of fused-ring (bicyclic) bond motifs is 1. The normalized spacial score (nSPS) is 11.9. The van der Waals surface area contributed by atoms with Crippen LogP contribution in [0.15, 0.2) is 69.9 Å². The van der Waals surface area contributed by atoms with Crippen LogP contribution >= 0.6 is 0 Å². The Hall–Kier alpha value is -3.67. The molecular weight excluding hydrogens is 432 g/mol. The molecule has 178 valence electrons. The first-order chi connectivity index (χ1) is 16.2. The molecule has 0 amide bonds. The molecule has 1 aromatic heterocycles. The maximum atomic E-state index is 12.7. The average Bonchev–Trinajstić information content (AvgIpc) is 2.81. The zero-order valence-electron chi connectivity index (χ0n) is 20.1. The molecule has 2 aromatic carbocycles. The molecule has 6 nitrogen and oxygen atoms in total. The molecule has 0 unspecified atom stereocenters. The molecule has 3 aromatic rings. The first-order valence-corrected chi connectivity index (χ1v) is 11.4. The second-order valence-electron chi connectivity index (χ2n) is 8.82. The number of esters is 2. The van der Waals surface area contributed by atoms with E-state index in [4.69, 9.17) is 13.9 Å². The minimum absolute atomic E-state index is 0.189. The van der Waals surface area contributed by atoms with Gasteiger partial charge in [-0.15, -0.1) is 0 Å². The van der Waals surface area contributed by atoms with E-state index in [-0.39, 0.29) is 17.8 Å². The van der Waals surface area contributed by atoms with E-state index in [1.54, 1.807) is 37.3 Å². The minimum atomic E-state index is -0.446. The molecule has 0 fully saturated rings. The molecule has 34 heavy (non-hydrogen) atoms. The maximum Gasteiger partial charge on any atom is 0.344 e. The fourth-order valence-corrected chi connectivity index (χ4v) is 3.26. The van der Waals surface area contributed by atoms with E-state index >= 15 is 0 Å². The van der Waals surface area contributed by atoms with E-state index in [9.17, 15) is 14.4 Å². The van der Waals surface area contributed by atoms with Gasteiger partial charge in [-0.1, -0.05) is 51.6 Å².